The number of methoxy groups -OCH3 is 1. The van der Waals surface area contributed by atoms with Gasteiger partial charge in [0.1, 0.15) is 5.75 Å². The van der Waals surface area contributed by atoms with Crippen LogP contribution in [-0.4, -0.2) is 7.11 Å². The second-order valence-corrected chi connectivity index (χ2v) is 5.48. The van der Waals surface area contributed by atoms with Gasteiger partial charge in [-0.1, -0.05) is 39.0 Å². The molecule has 0 spiro atoms. The Morgan fingerprint density at radius 3 is 2.35 bits per heavy atom. The van der Waals surface area contributed by atoms with Gasteiger partial charge in [0, 0.05) is 0 Å². The zero-order valence-electron chi connectivity index (χ0n) is 11.5. The first kappa shape index (κ1) is 12.5. The van der Waals surface area contributed by atoms with Crippen molar-refractivity contribution in [2.45, 2.75) is 51.9 Å². The fourth-order valence-electron chi connectivity index (χ4n) is 2.86. The van der Waals surface area contributed by atoms with Gasteiger partial charge in [0.05, 0.1) is 7.11 Å². The van der Waals surface area contributed by atoms with Gasteiger partial charge in [0.2, 0.25) is 0 Å². The molecule has 1 atom stereocenters. The molecule has 0 aliphatic heterocycles. The van der Waals surface area contributed by atoms with E-state index in [1.807, 2.05) is 7.11 Å². The molecular formula is C16H24O. The molecule has 0 radical (unpaired) electrons. The van der Waals surface area contributed by atoms with Crippen LogP contribution in [0.3, 0.4) is 0 Å². The van der Waals surface area contributed by atoms with Gasteiger partial charge in [-0.2, -0.15) is 0 Å². The lowest BCUT2D eigenvalue weighted by atomic mass is 9.87. The Morgan fingerprint density at radius 1 is 1.24 bits per heavy atom. The molecular weight excluding hydrogens is 208 g/mol. The second kappa shape index (κ2) is 5.12. The standard InChI is InChI=1S/C16H24O/c1-5-13(12-9-10-12)15-8-6-7-14(11(2)3)16(15)17-4/h6-8,11-13H,5,9-10H2,1-4H3. The molecule has 94 valence electrons. The zero-order valence-corrected chi connectivity index (χ0v) is 11.5. The van der Waals surface area contributed by atoms with E-state index in [1.165, 1.54) is 30.4 Å². The van der Waals surface area contributed by atoms with Crippen LogP contribution in [0.15, 0.2) is 18.2 Å². The van der Waals surface area contributed by atoms with Crippen LogP contribution >= 0.6 is 0 Å². The quantitative estimate of drug-likeness (QED) is 0.713. The van der Waals surface area contributed by atoms with E-state index < -0.39 is 0 Å². The lowest BCUT2D eigenvalue weighted by Crippen LogP contribution is -2.05. The highest BCUT2D eigenvalue weighted by Gasteiger charge is 2.33. The number of ether oxygens (including phenoxy) is 1. The summed E-state index contributed by atoms with van der Waals surface area (Å²) in [6.07, 6.45) is 4.02. The Balaban J connectivity index is 2.41. The molecule has 0 aromatic heterocycles. The molecule has 1 nitrogen and oxygen atoms in total. The SMILES string of the molecule is CCC(c1cccc(C(C)C)c1OC)C1CC1. The smallest absolute Gasteiger partial charge is 0.125 e. The normalized spacial score (nSPS) is 17.2. The zero-order chi connectivity index (χ0) is 12.4. The molecule has 2 rings (SSSR count). The van der Waals surface area contributed by atoms with Gasteiger partial charge in [-0.05, 0) is 48.1 Å². The van der Waals surface area contributed by atoms with Gasteiger partial charge in [-0.25, -0.2) is 0 Å². The first-order valence-electron chi connectivity index (χ1n) is 6.85. The number of rotatable bonds is 5. The summed E-state index contributed by atoms with van der Waals surface area (Å²) in [6.45, 7) is 6.77. The average molecular weight is 232 g/mol. The first-order valence-corrected chi connectivity index (χ1v) is 6.85. The first-order chi connectivity index (χ1) is 8.19. The maximum absolute atomic E-state index is 5.70. The van der Waals surface area contributed by atoms with Crippen molar-refractivity contribution in [3.63, 3.8) is 0 Å². The van der Waals surface area contributed by atoms with Crippen molar-refractivity contribution in [3.05, 3.63) is 29.3 Å². The summed E-state index contributed by atoms with van der Waals surface area (Å²) >= 11 is 0. The number of hydrogen-bond donors (Lipinski definition) is 0. The van der Waals surface area contributed by atoms with E-state index in [2.05, 4.69) is 39.0 Å². The van der Waals surface area contributed by atoms with Gasteiger partial charge in [-0.3, -0.25) is 0 Å². The Hall–Kier alpha value is -0.980. The molecule has 0 amide bonds. The summed E-state index contributed by atoms with van der Waals surface area (Å²) < 4.78 is 5.70. The summed E-state index contributed by atoms with van der Waals surface area (Å²) in [5, 5.41) is 0. The third-order valence-electron chi connectivity index (χ3n) is 3.93. The van der Waals surface area contributed by atoms with Crippen LogP contribution in [0, 0.1) is 5.92 Å². The molecule has 0 bridgehead atoms. The fourth-order valence-corrected chi connectivity index (χ4v) is 2.86. The Labute approximate surface area is 105 Å². The summed E-state index contributed by atoms with van der Waals surface area (Å²) in [5.41, 5.74) is 2.79. The van der Waals surface area contributed by atoms with E-state index in [4.69, 9.17) is 4.74 Å². The van der Waals surface area contributed by atoms with Crippen molar-refractivity contribution in [1.82, 2.24) is 0 Å². The minimum absolute atomic E-state index is 0.529. The lowest BCUT2D eigenvalue weighted by Gasteiger charge is -2.21. The van der Waals surface area contributed by atoms with Crippen LogP contribution < -0.4 is 4.74 Å². The lowest BCUT2D eigenvalue weighted by molar-refractivity contribution is 0.394. The molecule has 1 saturated carbocycles. The highest BCUT2D eigenvalue weighted by Crippen LogP contribution is 2.48. The molecule has 17 heavy (non-hydrogen) atoms. The Morgan fingerprint density at radius 2 is 1.88 bits per heavy atom. The molecule has 1 heteroatoms. The van der Waals surface area contributed by atoms with Crippen molar-refractivity contribution >= 4 is 0 Å². The third-order valence-corrected chi connectivity index (χ3v) is 3.93. The average Bonchev–Trinajstić information content (AvgIpc) is 3.14. The Bertz CT molecular complexity index is 377. The van der Waals surface area contributed by atoms with Crippen LogP contribution in [0.5, 0.6) is 5.75 Å². The van der Waals surface area contributed by atoms with Gasteiger partial charge >= 0.3 is 0 Å². The van der Waals surface area contributed by atoms with Crippen LogP contribution in [0.25, 0.3) is 0 Å². The van der Waals surface area contributed by atoms with Crippen molar-refractivity contribution < 1.29 is 4.74 Å². The van der Waals surface area contributed by atoms with Crippen molar-refractivity contribution in [2.24, 2.45) is 5.92 Å². The van der Waals surface area contributed by atoms with E-state index >= 15 is 0 Å². The maximum Gasteiger partial charge on any atom is 0.125 e. The predicted octanol–water partition coefficient (Wildman–Crippen LogP) is 4.72. The van der Waals surface area contributed by atoms with E-state index in [1.54, 1.807) is 0 Å². The molecule has 1 fully saturated rings. The van der Waals surface area contributed by atoms with E-state index in [-0.39, 0.29) is 0 Å². The molecule has 1 unspecified atom stereocenters. The summed E-state index contributed by atoms with van der Waals surface area (Å²) in [7, 11) is 1.81. The van der Waals surface area contributed by atoms with E-state index in [9.17, 15) is 0 Å². The highest BCUT2D eigenvalue weighted by molar-refractivity contribution is 5.45. The number of hydrogen-bond acceptors (Lipinski definition) is 1. The second-order valence-electron chi connectivity index (χ2n) is 5.48. The summed E-state index contributed by atoms with van der Waals surface area (Å²) in [4.78, 5) is 0. The van der Waals surface area contributed by atoms with Gasteiger partial charge < -0.3 is 4.74 Å². The molecule has 1 aliphatic rings. The minimum Gasteiger partial charge on any atom is -0.496 e. The van der Waals surface area contributed by atoms with Gasteiger partial charge in [0.15, 0.2) is 0 Å². The van der Waals surface area contributed by atoms with Gasteiger partial charge in [0.25, 0.3) is 0 Å². The van der Waals surface area contributed by atoms with Crippen molar-refractivity contribution in [3.8, 4) is 5.75 Å². The van der Waals surface area contributed by atoms with Crippen LogP contribution in [0.4, 0.5) is 0 Å². The van der Waals surface area contributed by atoms with E-state index in [0.717, 1.165) is 11.7 Å². The molecule has 0 heterocycles. The Kier molecular flexibility index (Phi) is 3.76. The number of benzene rings is 1. The molecule has 1 aromatic carbocycles. The van der Waals surface area contributed by atoms with Crippen LogP contribution in [-0.2, 0) is 0 Å². The molecule has 0 N–H and O–H groups in total. The summed E-state index contributed by atoms with van der Waals surface area (Å²) in [5.74, 6) is 3.27. The minimum atomic E-state index is 0.529. The maximum atomic E-state index is 5.70. The van der Waals surface area contributed by atoms with Crippen LogP contribution in [0.1, 0.15) is 63.0 Å². The van der Waals surface area contributed by atoms with Gasteiger partial charge in [-0.15, -0.1) is 0 Å². The molecule has 1 aromatic rings. The van der Waals surface area contributed by atoms with Crippen molar-refractivity contribution in [1.29, 1.82) is 0 Å². The monoisotopic (exact) mass is 232 g/mol. The third kappa shape index (κ3) is 2.48. The molecule has 0 saturated heterocycles. The van der Waals surface area contributed by atoms with E-state index in [0.29, 0.717) is 11.8 Å². The molecule has 1 aliphatic carbocycles. The summed E-state index contributed by atoms with van der Waals surface area (Å²) in [6, 6.07) is 6.65. The van der Waals surface area contributed by atoms with Crippen molar-refractivity contribution in [2.75, 3.05) is 7.11 Å². The predicted molar refractivity (Wildman–Crippen MR) is 72.8 cm³/mol. The number of para-hydroxylation sites is 1. The highest BCUT2D eigenvalue weighted by atomic mass is 16.5. The topological polar surface area (TPSA) is 9.23 Å². The largest absolute Gasteiger partial charge is 0.496 e. The van der Waals surface area contributed by atoms with Crippen LogP contribution in [0.2, 0.25) is 0 Å². The fraction of sp³-hybridized carbons (Fsp3) is 0.625.